The van der Waals surface area contributed by atoms with Gasteiger partial charge in [0.05, 0.1) is 18.4 Å². The van der Waals surface area contributed by atoms with Crippen LogP contribution in [0.1, 0.15) is 17.3 Å². The summed E-state index contributed by atoms with van der Waals surface area (Å²) in [4.78, 5) is 30.6. The standard InChI is InChI=1S/C11H13N5O3S/c1-2-19-10(18)7-5-15-11(16-9(7)13)20-6-8(17)14-4-3-12/h5H,2,4,6H2,1H3,(H,14,17)(H2,13,15,16). The lowest BCUT2D eigenvalue weighted by Gasteiger charge is -2.05. The normalized spacial score (nSPS) is 9.60. The van der Waals surface area contributed by atoms with Crippen molar-refractivity contribution in [2.75, 3.05) is 24.6 Å². The number of carbonyl (C=O) groups excluding carboxylic acids is 2. The zero-order valence-corrected chi connectivity index (χ0v) is 11.6. The van der Waals surface area contributed by atoms with E-state index in [2.05, 4.69) is 15.3 Å². The molecule has 0 aromatic carbocycles. The van der Waals surface area contributed by atoms with Crippen molar-refractivity contribution in [3.8, 4) is 6.07 Å². The molecule has 0 fully saturated rings. The molecule has 0 saturated carbocycles. The number of nitrogens with one attached hydrogen (secondary N) is 1. The van der Waals surface area contributed by atoms with Crippen LogP contribution in [0.4, 0.5) is 5.82 Å². The van der Waals surface area contributed by atoms with Gasteiger partial charge in [-0.1, -0.05) is 11.8 Å². The highest BCUT2D eigenvalue weighted by Gasteiger charge is 2.14. The van der Waals surface area contributed by atoms with Gasteiger partial charge >= 0.3 is 5.97 Å². The number of hydrogen-bond acceptors (Lipinski definition) is 8. The molecule has 0 saturated heterocycles. The number of aromatic nitrogens is 2. The van der Waals surface area contributed by atoms with Gasteiger partial charge in [0.25, 0.3) is 0 Å². The van der Waals surface area contributed by atoms with E-state index in [9.17, 15) is 9.59 Å². The molecule has 1 aromatic rings. The van der Waals surface area contributed by atoms with Crippen LogP contribution in [0.5, 0.6) is 0 Å². The van der Waals surface area contributed by atoms with Gasteiger partial charge in [0.1, 0.15) is 17.9 Å². The molecule has 1 aromatic heterocycles. The summed E-state index contributed by atoms with van der Waals surface area (Å²) in [5.41, 5.74) is 5.72. The fraction of sp³-hybridized carbons (Fsp3) is 0.364. The Balaban J connectivity index is 2.62. The Hall–Kier alpha value is -2.34. The predicted molar refractivity (Wildman–Crippen MR) is 71.7 cm³/mol. The Kier molecular flexibility index (Phi) is 6.25. The molecular formula is C11H13N5O3S. The zero-order chi connectivity index (χ0) is 15.0. The van der Waals surface area contributed by atoms with E-state index >= 15 is 0 Å². The average Bonchev–Trinajstić information content (AvgIpc) is 2.43. The number of thioether (sulfide) groups is 1. The summed E-state index contributed by atoms with van der Waals surface area (Å²) in [6.45, 7) is 1.86. The summed E-state index contributed by atoms with van der Waals surface area (Å²) in [5.74, 6) is -0.847. The monoisotopic (exact) mass is 295 g/mol. The largest absolute Gasteiger partial charge is 0.462 e. The molecule has 9 heteroatoms. The van der Waals surface area contributed by atoms with Crippen molar-refractivity contribution < 1.29 is 14.3 Å². The minimum atomic E-state index is -0.590. The molecule has 1 heterocycles. The molecule has 0 aliphatic carbocycles. The summed E-state index contributed by atoms with van der Waals surface area (Å²) in [6, 6.07) is 1.79. The third-order valence-electron chi connectivity index (χ3n) is 1.99. The van der Waals surface area contributed by atoms with E-state index in [-0.39, 0.29) is 41.3 Å². The number of nitrogens with two attached hydrogens (primary N) is 1. The molecular weight excluding hydrogens is 282 g/mol. The second-order valence-electron chi connectivity index (χ2n) is 3.40. The molecule has 0 bridgehead atoms. The molecule has 0 aliphatic rings. The third-order valence-corrected chi connectivity index (χ3v) is 2.85. The Morgan fingerprint density at radius 3 is 2.95 bits per heavy atom. The van der Waals surface area contributed by atoms with E-state index in [1.807, 2.05) is 0 Å². The number of esters is 1. The third kappa shape index (κ3) is 4.74. The van der Waals surface area contributed by atoms with Crippen LogP contribution in [0.2, 0.25) is 0 Å². The van der Waals surface area contributed by atoms with E-state index in [1.54, 1.807) is 13.0 Å². The van der Waals surface area contributed by atoms with Gasteiger partial charge in [-0.2, -0.15) is 5.26 Å². The number of ether oxygens (including phenoxy) is 1. The smallest absolute Gasteiger partial charge is 0.343 e. The van der Waals surface area contributed by atoms with Crippen LogP contribution in [0.3, 0.4) is 0 Å². The van der Waals surface area contributed by atoms with E-state index in [0.29, 0.717) is 0 Å². The quantitative estimate of drug-likeness (QED) is 0.323. The summed E-state index contributed by atoms with van der Waals surface area (Å²) < 4.78 is 4.79. The SMILES string of the molecule is CCOC(=O)c1cnc(SCC(=O)NCC#N)nc1N. The van der Waals surface area contributed by atoms with Crippen molar-refractivity contribution >= 4 is 29.5 Å². The number of amides is 1. The predicted octanol–water partition coefficient (Wildman–Crippen LogP) is -0.0326. The van der Waals surface area contributed by atoms with Crippen molar-refractivity contribution in [2.24, 2.45) is 0 Å². The van der Waals surface area contributed by atoms with E-state index in [1.165, 1.54) is 6.20 Å². The van der Waals surface area contributed by atoms with Crippen molar-refractivity contribution in [3.05, 3.63) is 11.8 Å². The Bertz CT molecular complexity index is 543. The van der Waals surface area contributed by atoms with Gasteiger partial charge in [-0.25, -0.2) is 14.8 Å². The number of hydrogen-bond donors (Lipinski definition) is 2. The summed E-state index contributed by atoms with van der Waals surface area (Å²) in [7, 11) is 0. The first-order valence-electron chi connectivity index (χ1n) is 5.64. The number of carbonyl (C=O) groups is 2. The minimum Gasteiger partial charge on any atom is -0.462 e. The lowest BCUT2D eigenvalue weighted by molar-refractivity contribution is -0.118. The maximum absolute atomic E-state index is 11.5. The number of rotatable bonds is 6. The van der Waals surface area contributed by atoms with Crippen LogP contribution >= 0.6 is 11.8 Å². The van der Waals surface area contributed by atoms with Crippen LogP contribution < -0.4 is 11.1 Å². The number of nitrogen functional groups attached to an aromatic ring is 1. The van der Waals surface area contributed by atoms with Crippen molar-refractivity contribution in [1.82, 2.24) is 15.3 Å². The molecule has 1 rings (SSSR count). The van der Waals surface area contributed by atoms with Gasteiger partial charge in [0.2, 0.25) is 5.91 Å². The minimum absolute atomic E-state index is 0.00150. The van der Waals surface area contributed by atoms with E-state index in [4.69, 9.17) is 15.7 Å². The van der Waals surface area contributed by atoms with Crippen molar-refractivity contribution in [2.45, 2.75) is 12.1 Å². The Morgan fingerprint density at radius 1 is 1.60 bits per heavy atom. The highest BCUT2D eigenvalue weighted by Crippen LogP contribution is 2.16. The number of nitrogens with zero attached hydrogens (tertiary/aromatic N) is 3. The zero-order valence-electron chi connectivity index (χ0n) is 10.8. The lowest BCUT2D eigenvalue weighted by atomic mass is 10.3. The number of nitriles is 1. The lowest BCUT2D eigenvalue weighted by Crippen LogP contribution is -2.25. The van der Waals surface area contributed by atoms with Gasteiger partial charge in [-0.05, 0) is 6.92 Å². The first-order valence-corrected chi connectivity index (χ1v) is 6.63. The highest BCUT2D eigenvalue weighted by atomic mass is 32.2. The molecule has 3 N–H and O–H groups in total. The topological polar surface area (TPSA) is 131 Å². The maximum atomic E-state index is 11.5. The maximum Gasteiger partial charge on any atom is 0.343 e. The fourth-order valence-electron chi connectivity index (χ4n) is 1.13. The first kappa shape index (κ1) is 15.7. The van der Waals surface area contributed by atoms with Gasteiger partial charge in [-0.3, -0.25) is 4.79 Å². The second kappa shape index (κ2) is 7.96. The van der Waals surface area contributed by atoms with Gasteiger partial charge in [-0.15, -0.1) is 0 Å². The van der Waals surface area contributed by atoms with Crippen LogP contribution in [-0.4, -0.2) is 40.7 Å². The number of anilines is 1. The first-order chi connectivity index (χ1) is 9.58. The van der Waals surface area contributed by atoms with Crippen molar-refractivity contribution in [3.63, 3.8) is 0 Å². The Morgan fingerprint density at radius 2 is 2.35 bits per heavy atom. The van der Waals surface area contributed by atoms with Gasteiger partial charge in [0.15, 0.2) is 5.16 Å². The van der Waals surface area contributed by atoms with Crippen LogP contribution in [0.25, 0.3) is 0 Å². The molecule has 8 nitrogen and oxygen atoms in total. The summed E-state index contributed by atoms with van der Waals surface area (Å²) >= 11 is 1.05. The van der Waals surface area contributed by atoms with Gasteiger partial charge < -0.3 is 15.8 Å². The summed E-state index contributed by atoms with van der Waals surface area (Å²) in [5, 5.41) is 11.0. The van der Waals surface area contributed by atoms with E-state index < -0.39 is 5.97 Å². The molecule has 1 amide bonds. The van der Waals surface area contributed by atoms with Gasteiger partial charge in [0, 0.05) is 6.20 Å². The van der Waals surface area contributed by atoms with E-state index in [0.717, 1.165) is 11.8 Å². The highest BCUT2D eigenvalue weighted by molar-refractivity contribution is 7.99. The van der Waals surface area contributed by atoms with Crippen LogP contribution in [0, 0.1) is 11.3 Å². The fourth-order valence-corrected chi connectivity index (χ4v) is 1.79. The second-order valence-corrected chi connectivity index (χ2v) is 4.34. The molecule has 0 atom stereocenters. The Labute approximate surface area is 119 Å². The molecule has 0 unspecified atom stereocenters. The van der Waals surface area contributed by atoms with Crippen LogP contribution in [0.15, 0.2) is 11.4 Å². The van der Waals surface area contributed by atoms with Crippen LogP contribution in [-0.2, 0) is 9.53 Å². The molecule has 0 spiro atoms. The molecule has 106 valence electrons. The van der Waals surface area contributed by atoms with Crippen molar-refractivity contribution in [1.29, 1.82) is 5.26 Å². The molecule has 0 aliphatic heterocycles. The molecule has 20 heavy (non-hydrogen) atoms. The average molecular weight is 295 g/mol. The molecule has 0 radical (unpaired) electrons. The summed E-state index contributed by atoms with van der Waals surface area (Å²) in [6.07, 6.45) is 1.26.